The van der Waals surface area contributed by atoms with Crippen molar-refractivity contribution in [3.05, 3.63) is 83.4 Å². The van der Waals surface area contributed by atoms with Crippen molar-refractivity contribution in [2.24, 2.45) is 0 Å². The van der Waals surface area contributed by atoms with E-state index >= 15 is 0 Å². The molecular weight excluding hydrogens is 356 g/mol. The molecule has 1 aliphatic heterocycles. The summed E-state index contributed by atoms with van der Waals surface area (Å²) in [6.45, 7) is 0.830. The Morgan fingerprint density at radius 3 is 2.71 bits per heavy atom. The largest absolute Gasteiger partial charge is 0.503 e. The molecule has 28 heavy (non-hydrogen) atoms. The maximum Gasteiger partial charge on any atom is 0.290 e. The number of hydrogen-bond donors (Lipinski definition) is 1. The smallest absolute Gasteiger partial charge is 0.290 e. The Morgan fingerprint density at radius 1 is 1.25 bits per heavy atom. The Morgan fingerprint density at radius 2 is 2.04 bits per heavy atom. The number of carbonyl (C=O) groups excluding carboxylic acids is 2. The SMILES string of the molecule is COCCCN1C(=O)C(O)=C(C(=O)C=Cc2ccccc2)C1c1cccnc1. The first-order valence-corrected chi connectivity index (χ1v) is 9.04. The van der Waals surface area contributed by atoms with Gasteiger partial charge in [0.05, 0.1) is 11.6 Å². The summed E-state index contributed by atoms with van der Waals surface area (Å²) in [6.07, 6.45) is 6.87. The van der Waals surface area contributed by atoms with Gasteiger partial charge < -0.3 is 14.7 Å². The van der Waals surface area contributed by atoms with E-state index in [-0.39, 0.29) is 5.57 Å². The number of ether oxygens (including phenoxy) is 1. The van der Waals surface area contributed by atoms with Gasteiger partial charge in [0.2, 0.25) is 0 Å². The maximum atomic E-state index is 12.9. The molecule has 144 valence electrons. The molecule has 6 heteroatoms. The fraction of sp³-hybridized carbons (Fsp3) is 0.227. The number of benzene rings is 1. The van der Waals surface area contributed by atoms with Crippen LogP contribution in [0.2, 0.25) is 0 Å². The zero-order valence-electron chi connectivity index (χ0n) is 15.6. The molecular formula is C22H22N2O4. The fourth-order valence-corrected chi connectivity index (χ4v) is 3.23. The highest BCUT2D eigenvalue weighted by Crippen LogP contribution is 2.37. The van der Waals surface area contributed by atoms with Gasteiger partial charge in [-0.25, -0.2) is 0 Å². The number of amides is 1. The number of rotatable bonds is 8. The molecule has 1 aromatic carbocycles. The second-order valence-corrected chi connectivity index (χ2v) is 6.40. The van der Waals surface area contributed by atoms with E-state index in [9.17, 15) is 14.7 Å². The highest BCUT2D eigenvalue weighted by molar-refractivity contribution is 6.14. The molecule has 2 heterocycles. The van der Waals surface area contributed by atoms with Gasteiger partial charge in [-0.2, -0.15) is 0 Å². The lowest BCUT2D eigenvalue weighted by atomic mass is 9.96. The molecule has 0 bridgehead atoms. The summed E-state index contributed by atoms with van der Waals surface area (Å²) < 4.78 is 5.06. The van der Waals surface area contributed by atoms with Crippen LogP contribution in [0.4, 0.5) is 0 Å². The summed E-state index contributed by atoms with van der Waals surface area (Å²) in [5.74, 6) is -1.46. The van der Waals surface area contributed by atoms with E-state index < -0.39 is 23.5 Å². The third kappa shape index (κ3) is 4.18. The minimum Gasteiger partial charge on any atom is -0.503 e. The van der Waals surface area contributed by atoms with Crippen molar-refractivity contribution >= 4 is 17.8 Å². The Hall–Kier alpha value is -3.25. The third-order valence-corrected chi connectivity index (χ3v) is 4.54. The van der Waals surface area contributed by atoms with Gasteiger partial charge >= 0.3 is 0 Å². The average molecular weight is 378 g/mol. The van der Waals surface area contributed by atoms with Crippen LogP contribution >= 0.6 is 0 Å². The Labute approximate surface area is 163 Å². The van der Waals surface area contributed by atoms with E-state index in [0.717, 1.165) is 5.56 Å². The minimum absolute atomic E-state index is 0.0718. The van der Waals surface area contributed by atoms with E-state index in [2.05, 4.69) is 4.98 Å². The number of aliphatic hydroxyl groups is 1. The molecule has 0 saturated heterocycles. The van der Waals surface area contributed by atoms with Crippen LogP contribution in [0, 0.1) is 0 Å². The molecule has 0 radical (unpaired) electrons. The third-order valence-electron chi connectivity index (χ3n) is 4.54. The van der Waals surface area contributed by atoms with Crippen molar-refractivity contribution in [3.8, 4) is 0 Å². The molecule has 1 unspecified atom stereocenters. The highest BCUT2D eigenvalue weighted by Gasteiger charge is 2.42. The van der Waals surface area contributed by atoms with Gasteiger partial charge in [0.1, 0.15) is 0 Å². The van der Waals surface area contributed by atoms with Crippen LogP contribution in [0.3, 0.4) is 0 Å². The summed E-state index contributed by atoms with van der Waals surface area (Å²) in [7, 11) is 1.59. The van der Waals surface area contributed by atoms with Crippen molar-refractivity contribution < 1.29 is 19.4 Å². The normalized spacial score (nSPS) is 17.0. The van der Waals surface area contributed by atoms with Gasteiger partial charge in [0.25, 0.3) is 5.91 Å². The van der Waals surface area contributed by atoms with Crippen LogP contribution in [0.1, 0.15) is 23.6 Å². The first-order chi connectivity index (χ1) is 13.6. The lowest BCUT2D eigenvalue weighted by Crippen LogP contribution is -2.32. The van der Waals surface area contributed by atoms with Crippen LogP contribution < -0.4 is 0 Å². The summed E-state index contributed by atoms with van der Waals surface area (Å²) in [5, 5.41) is 10.5. The summed E-state index contributed by atoms with van der Waals surface area (Å²) in [5.41, 5.74) is 1.60. The number of aromatic nitrogens is 1. The summed E-state index contributed by atoms with van der Waals surface area (Å²) in [6, 6.07) is 12.2. The molecule has 0 spiro atoms. The molecule has 0 aliphatic carbocycles. The number of allylic oxidation sites excluding steroid dienone is 1. The second-order valence-electron chi connectivity index (χ2n) is 6.40. The van der Waals surface area contributed by atoms with E-state index in [1.54, 1.807) is 37.7 Å². The molecule has 1 N–H and O–H groups in total. The number of pyridine rings is 1. The first kappa shape index (κ1) is 19.5. The maximum absolute atomic E-state index is 12.9. The van der Waals surface area contributed by atoms with E-state index in [4.69, 9.17) is 4.74 Å². The molecule has 2 aromatic rings. The van der Waals surface area contributed by atoms with Crippen LogP contribution in [0.15, 0.2) is 72.3 Å². The number of nitrogens with zero attached hydrogens (tertiary/aromatic N) is 2. The quantitative estimate of drug-likeness (QED) is 0.564. The van der Waals surface area contributed by atoms with E-state index in [0.29, 0.717) is 25.1 Å². The van der Waals surface area contributed by atoms with Crippen molar-refractivity contribution in [2.45, 2.75) is 12.5 Å². The summed E-state index contributed by atoms with van der Waals surface area (Å²) in [4.78, 5) is 31.2. The van der Waals surface area contributed by atoms with Gasteiger partial charge in [-0.3, -0.25) is 14.6 Å². The molecule has 3 rings (SSSR count). The number of aliphatic hydroxyl groups excluding tert-OH is 1. The monoisotopic (exact) mass is 378 g/mol. The zero-order chi connectivity index (χ0) is 19.9. The Kier molecular flexibility index (Phi) is 6.34. The van der Waals surface area contributed by atoms with Gasteiger partial charge in [0, 0.05) is 32.7 Å². The lowest BCUT2D eigenvalue weighted by molar-refractivity contribution is -0.129. The van der Waals surface area contributed by atoms with Gasteiger partial charge in [0.15, 0.2) is 11.5 Å². The minimum atomic E-state index is -0.675. The molecule has 0 fully saturated rings. The standard InChI is InChI=1S/C22H22N2O4/c1-28-14-6-13-24-20(17-9-5-12-23-15-17)19(21(26)22(24)27)18(25)11-10-16-7-3-2-4-8-16/h2-5,7-12,15,20,26H,6,13-14H2,1H3. The Bertz CT molecular complexity index is 891. The molecule has 6 nitrogen and oxygen atoms in total. The van der Waals surface area contributed by atoms with Crippen LogP contribution in [-0.4, -0.2) is 46.9 Å². The van der Waals surface area contributed by atoms with Crippen molar-refractivity contribution in [1.29, 1.82) is 0 Å². The Balaban J connectivity index is 1.93. The molecule has 1 aromatic heterocycles. The zero-order valence-corrected chi connectivity index (χ0v) is 15.6. The van der Waals surface area contributed by atoms with Crippen molar-refractivity contribution in [2.75, 3.05) is 20.3 Å². The predicted octanol–water partition coefficient (Wildman–Crippen LogP) is 3.10. The average Bonchev–Trinajstić information content (AvgIpc) is 2.98. The topological polar surface area (TPSA) is 79.7 Å². The predicted molar refractivity (Wildman–Crippen MR) is 105 cm³/mol. The molecule has 1 atom stereocenters. The van der Waals surface area contributed by atoms with Crippen LogP contribution in [0.5, 0.6) is 0 Å². The van der Waals surface area contributed by atoms with Crippen molar-refractivity contribution in [3.63, 3.8) is 0 Å². The fourth-order valence-electron chi connectivity index (χ4n) is 3.23. The lowest BCUT2D eigenvalue weighted by Gasteiger charge is -2.26. The summed E-state index contributed by atoms with van der Waals surface area (Å²) >= 11 is 0. The van der Waals surface area contributed by atoms with Gasteiger partial charge in [-0.1, -0.05) is 42.5 Å². The van der Waals surface area contributed by atoms with E-state index in [1.807, 2.05) is 30.3 Å². The van der Waals surface area contributed by atoms with E-state index in [1.165, 1.54) is 11.0 Å². The highest BCUT2D eigenvalue weighted by atomic mass is 16.5. The number of ketones is 1. The molecule has 1 aliphatic rings. The first-order valence-electron chi connectivity index (χ1n) is 9.04. The van der Waals surface area contributed by atoms with Crippen molar-refractivity contribution in [1.82, 2.24) is 9.88 Å². The van der Waals surface area contributed by atoms with Crippen LogP contribution in [0.25, 0.3) is 6.08 Å². The van der Waals surface area contributed by atoms with Gasteiger partial charge in [-0.15, -0.1) is 0 Å². The number of hydrogen-bond acceptors (Lipinski definition) is 5. The number of carbonyl (C=O) groups is 2. The second kappa shape index (κ2) is 9.10. The van der Waals surface area contributed by atoms with Gasteiger partial charge in [-0.05, 0) is 29.7 Å². The molecule has 0 saturated carbocycles. The molecule has 1 amide bonds. The number of methoxy groups -OCH3 is 1. The van der Waals surface area contributed by atoms with Crippen LogP contribution in [-0.2, 0) is 14.3 Å².